The minimum absolute atomic E-state index is 0.182. The lowest BCUT2D eigenvalue weighted by atomic mass is 10.0. The number of rotatable bonds is 9. The summed E-state index contributed by atoms with van der Waals surface area (Å²) < 4.78 is 10.6. The number of amides is 1. The number of ether oxygens (including phenoxy) is 2. The summed E-state index contributed by atoms with van der Waals surface area (Å²) in [5, 5.41) is 3.87. The molecular formula is C27H27N3O3S. The number of fused-ring (bicyclic) bond motifs is 1. The molecule has 0 radical (unpaired) electrons. The van der Waals surface area contributed by atoms with E-state index in [-0.39, 0.29) is 5.91 Å². The Kier molecular flexibility index (Phi) is 7.54. The SMILES string of the molecule is COc1ccc(CNC(=O)/C=C/c2c[nH]c3ncc(-c4cccc(CSC)c4)cc23)cc1OC. The van der Waals surface area contributed by atoms with Crippen molar-refractivity contribution in [1.82, 2.24) is 15.3 Å². The third kappa shape index (κ3) is 5.43. The Balaban J connectivity index is 1.47. The third-order valence-electron chi connectivity index (χ3n) is 5.46. The molecule has 0 aliphatic carbocycles. The largest absolute Gasteiger partial charge is 0.493 e. The lowest BCUT2D eigenvalue weighted by Gasteiger charge is -2.09. The number of H-pyrrole nitrogens is 1. The van der Waals surface area contributed by atoms with E-state index in [9.17, 15) is 4.79 Å². The van der Waals surface area contributed by atoms with Gasteiger partial charge >= 0.3 is 0 Å². The summed E-state index contributed by atoms with van der Waals surface area (Å²) in [6, 6.07) is 16.2. The Labute approximate surface area is 203 Å². The zero-order chi connectivity index (χ0) is 23.9. The van der Waals surface area contributed by atoms with Crippen molar-refractivity contribution in [3.63, 3.8) is 0 Å². The molecule has 0 unspecified atom stereocenters. The van der Waals surface area contributed by atoms with Gasteiger partial charge in [0.15, 0.2) is 11.5 Å². The molecule has 0 spiro atoms. The Morgan fingerprint density at radius 2 is 1.91 bits per heavy atom. The van der Waals surface area contributed by atoms with Crippen LogP contribution in [0.15, 0.2) is 67.0 Å². The molecule has 0 fully saturated rings. The Hall–Kier alpha value is -3.71. The molecule has 174 valence electrons. The summed E-state index contributed by atoms with van der Waals surface area (Å²) in [7, 11) is 3.18. The van der Waals surface area contributed by atoms with E-state index in [0.717, 1.165) is 39.0 Å². The molecule has 2 heterocycles. The van der Waals surface area contributed by atoms with Crippen molar-refractivity contribution in [1.29, 1.82) is 0 Å². The average molecular weight is 474 g/mol. The predicted molar refractivity (Wildman–Crippen MR) is 139 cm³/mol. The van der Waals surface area contributed by atoms with Crippen LogP contribution in [0.2, 0.25) is 0 Å². The number of thioether (sulfide) groups is 1. The molecule has 0 bridgehead atoms. The number of nitrogens with zero attached hydrogens (tertiary/aromatic N) is 1. The van der Waals surface area contributed by atoms with Gasteiger partial charge in [0.25, 0.3) is 0 Å². The minimum atomic E-state index is -0.182. The fourth-order valence-electron chi connectivity index (χ4n) is 3.73. The van der Waals surface area contributed by atoms with Crippen molar-refractivity contribution in [2.75, 3.05) is 20.5 Å². The van der Waals surface area contributed by atoms with Crippen molar-refractivity contribution in [2.24, 2.45) is 0 Å². The van der Waals surface area contributed by atoms with Crippen LogP contribution >= 0.6 is 11.8 Å². The highest BCUT2D eigenvalue weighted by atomic mass is 32.2. The first-order valence-electron chi connectivity index (χ1n) is 10.8. The number of carbonyl (C=O) groups is 1. The summed E-state index contributed by atoms with van der Waals surface area (Å²) in [6.07, 6.45) is 9.18. The summed E-state index contributed by atoms with van der Waals surface area (Å²) in [6.45, 7) is 0.384. The number of hydrogen-bond donors (Lipinski definition) is 2. The van der Waals surface area contributed by atoms with Gasteiger partial charge in [-0.05, 0) is 47.2 Å². The lowest BCUT2D eigenvalue weighted by molar-refractivity contribution is -0.116. The molecule has 1 amide bonds. The molecule has 2 N–H and O–H groups in total. The Morgan fingerprint density at radius 1 is 1.06 bits per heavy atom. The molecule has 4 aromatic rings. The van der Waals surface area contributed by atoms with Crippen molar-refractivity contribution in [2.45, 2.75) is 12.3 Å². The Morgan fingerprint density at radius 3 is 2.71 bits per heavy atom. The smallest absolute Gasteiger partial charge is 0.244 e. The van der Waals surface area contributed by atoms with Gasteiger partial charge in [0.2, 0.25) is 5.91 Å². The molecule has 0 atom stereocenters. The van der Waals surface area contributed by atoms with Crippen LogP contribution < -0.4 is 14.8 Å². The van der Waals surface area contributed by atoms with Gasteiger partial charge in [-0.15, -0.1) is 0 Å². The van der Waals surface area contributed by atoms with E-state index in [0.29, 0.717) is 18.0 Å². The predicted octanol–water partition coefficient (Wildman–Crippen LogP) is 5.44. The van der Waals surface area contributed by atoms with Gasteiger partial charge in [0, 0.05) is 47.3 Å². The number of aromatic nitrogens is 2. The zero-order valence-corrected chi connectivity index (χ0v) is 20.2. The molecule has 2 aromatic heterocycles. The van der Waals surface area contributed by atoms with Gasteiger partial charge in [0.05, 0.1) is 14.2 Å². The Bertz CT molecular complexity index is 1330. The zero-order valence-electron chi connectivity index (χ0n) is 19.4. The van der Waals surface area contributed by atoms with Crippen LogP contribution in [0, 0.1) is 0 Å². The molecular weight excluding hydrogens is 446 g/mol. The second-order valence-electron chi connectivity index (χ2n) is 7.74. The van der Waals surface area contributed by atoms with E-state index in [2.05, 4.69) is 51.9 Å². The first-order valence-corrected chi connectivity index (χ1v) is 12.2. The van der Waals surface area contributed by atoms with E-state index in [4.69, 9.17) is 9.47 Å². The third-order valence-corrected chi connectivity index (χ3v) is 6.09. The van der Waals surface area contributed by atoms with Crippen molar-refractivity contribution < 1.29 is 14.3 Å². The topological polar surface area (TPSA) is 76.2 Å². The standard InChI is InChI=1S/C27H27N3O3S/c1-32-24-9-7-18(12-25(24)33-2)14-28-26(31)10-8-21-15-29-27-23(21)13-22(16-30-27)20-6-4-5-19(11-20)17-34-3/h4-13,15-16H,14,17H2,1-3H3,(H,28,31)(H,29,30)/b10-8+. The molecule has 7 heteroatoms. The van der Waals surface area contributed by atoms with Crippen LogP contribution in [0.3, 0.4) is 0 Å². The van der Waals surface area contributed by atoms with Gasteiger partial charge < -0.3 is 19.8 Å². The van der Waals surface area contributed by atoms with E-state index in [1.165, 1.54) is 11.6 Å². The summed E-state index contributed by atoms with van der Waals surface area (Å²) in [5.74, 6) is 2.07. The molecule has 0 saturated heterocycles. The number of carbonyl (C=O) groups excluding carboxylic acids is 1. The quantitative estimate of drug-likeness (QED) is 0.317. The van der Waals surface area contributed by atoms with Crippen molar-refractivity contribution in [3.8, 4) is 22.6 Å². The summed E-state index contributed by atoms with van der Waals surface area (Å²) in [5.41, 5.74) is 6.07. The van der Waals surface area contributed by atoms with Crippen LogP contribution in [-0.2, 0) is 17.1 Å². The number of hydrogen-bond acceptors (Lipinski definition) is 5. The number of aromatic amines is 1. The highest BCUT2D eigenvalue weighted by molar-refractivity contribution is 7.97. The van der Waals surface area contributed by atoms with Crippen LogP contribution in [0.4, 0.5) is 0 Å². The van der Waals surface area contributed by atoms with E-state index in [1.807, 2.05) is 30.6 Å². The maximum absolute atomic E-state index is 12.4. The second kappa shape index (κ2) is 10.9. The van der Waals surface area contributed by atoms with Gasteiger partial charge in [-0.2, -0.15) is 11.8 Å². The summed E-state index contributed by atoms with van der Waals surface area (Å²) >= 11 is 1.80. The molecule has 34 heavy (non-hydrogen) atoms. The van der Waals surface area contributed by atoms with Crippen LogP contribution in [-0.4, -0.2) is 36.4 Å². The van der Waals surface area contributed by atoms with Crippen LogP contribution in [0.5, 0.6) is 11.5 Å². The lowest BCUT2D eigenvalue weighted by Crippen LogP contribution is -2.20. The first-order chi connectivity index (χ1) is 16.6. The molecule has 0 aliphatic rings. The number of nitrogens with one attached hydrogen (secondary N) is 2. The maximum Gasteiger partial charge on any atom is 0.244 e. The molecule has 0 aliphatic heterocycles. The highest BCUT2D eigenvalue weighted by Crippen LogP contribution is 2.28. The van der Waals surface area contributed by atoms with E-state index in [1.54, 1.807) is 32.1 Å². The van der Waals surface area contributed by atoms with E-state index < -0.39 is 0 Å². The molecule has 2 aromatic carbocycles. The fourth-order valence-corrected chi connectivity index (χ4v) is 4.24. The normalized spacial score (nSPS) is 11.1. The van der Waals surface area contributed by atoms with Crippen molar-refractivity contribution >= 4 is 34.8 Å². The first kappa shape index (κ1) is 23.4. The minimum Gasteiger partial charge on any atom is -0.493 e. The highest BCUT2D eigenvalue weighted by Gasteiger charge is 2.08. The molecule has 6 nitrogen and oxygen atoms in total. The number of methoxy groups -OCH3 is 2. The van der Waals surface area contributed by atoms with Crippen molar-refractivity contribution in [3.05, 3.63) is 83.7 Å². The van der Waals surface area contributed by atoms with Gasteiger partial charge in [-0.1, -0.05) is 30.3 Å². The van der Waals surface area contributed by atoms with Gasteiger partial charge in [0.1, 0.15) is 5.65 Å². The van der Waals surface area contributed by atoms with Gasteiger partial charge in [-0.3, -0.25) is 4.79 Å². The fraction of sp³-hybridized carbons (Fsp3) is 0.185. The monoisotopic (exact) mass is 473 g/mol. The number of pyridine rings is 1. The molecule has 4 rings (SSSR count). The van der Waals surface area contributed by atoms with Gasteiger partial charge in [-0.25, -0.2) is 4.98 Å². The van der Waals surface area contributed by atoms with Crippen LogP contribution in [0.25, 0.3) is 28.2 Å². The average Bonchev–Trinajstić information content (AvgIpc) is 3.28. The number of benzene rings is 2. The molecule has 0 saturated carbocycles. The van der Waals surface area contributed by atoms with Crippen LogP contribution in [0.1, 0.15) is 16.7 Å². The summed E-state index contributed by atoms with van der Waals surface area (Å²) in [4.78, 5) is 20.2. The maximum atomic E-state index is 12.4. The van der Waals surface area contributed by atoms with E-state index >= 15 is 0 Å². The second-order valence-corrected chi connectivity index (χ2v) is 8.60.